The Morgan fingerprint density at radius 1 is 1.40 bits per heavy atom. The van der Waals surface area contributed by atoms with Gasteiger partial charge in [-0.1, -0.05) is 19.9 Å². The number of aromatic nitrogens is 2. The van der Waals surface area contributed by atoms with Crippen LogP contribution in [0.25, 0.3) is 17.1 Å². The summed E-state index contributed by atoms with van der Waals surface area (Å²) in [4.78, 5) is 26.8. The van der Waals surface area contributed by atoms with Crippen molar-refractivity contribution in [3.63, 3.8) is 0 Å². The van der Waals surface area contributed by atoms with E-state index in [0.717, 1.165) is 11.6 Å². The van der Waals surface area contributed by atoms with Crippen LogP contribution in [0.2, 0.25) is 0 Å². The van der Waals surface area contributed by atoms with Crippen molar-refractivity contribution in [2.45, 2.75) is 19.8 Å². The van der Waals surface area contributed by atoms with Gasteiger partial charge in [-0.2, -0.15) is 0 Å². The van der Waals surface area contributed by atoms with Crippen LogP contribution in [0.5, 0.6) is 0 Å². The van der Waals surface area contributed by atoms with Gasteiger partial charge in [-0.25, -0.2) is 9.78 Å². The number of carboxylic acids is 1. The zero-order chi connectivity index (χ0) is 14.0. The number of benzene rings is 1. The average Bonchev–Trinajstić information content (AvgIpc) is 2.37. The minimum Gasteiger partial charge on any atom is -0.478 e. The standard InChI is InChI=1S/C14H14N2O3.Na/c1-9(2)10-3-4-12-11(7-10)14(19)16(8-15-12)6-5-13(17)18;/h3-9H,1-2H3,(H,17,18);. The maximum absolute atomic E-state index is 12.2. The summed E-state index contributed by atoms with van der Waals surface area (Å²) in [5.74, 6) is -0.796. The van der Waals surface area contributed by atoms with Gasteiger partial charge in [-0.15, -0.1) is 0 Å². The maximum Gasteiger partial charge on any atom is 0.329 e. The summed E-state index contributed by atoms with van der Waals surface area (Å²) < 4.78 is 1.17. The van der Waals surface area contributed by atoms with E-state index >= 15 is 0 Å². The van der Waals surface area contributed by atoms with Gasteiger partial charge < -0.3 is 5.11 Å². The normalized spacial score (nSPS) is 10.9. The van der Waals surface area contributed by atoms with Crippen molar-refractivity contribution in [2.75, 3.05) is 0 Å². The Labute approximate surface area is 138 Å². The Balaban J connectivity index is 0.00000200. The van der Waals surface area contributed by atoms with Crippen LogP contribution < -0.4 is 5.56 Å². The molecule has 0 aliphatic rings. The molecule has 6 heteroatoms. The van der Waals surface area contributed by atoms with Gasteiger partial charge >= 0.3 is 5.97 Å². The van der Waals surface area contributed by atoms with Crippen molar-refractivity contribution in [1.82, 2.24) is 9.55 Å². The van der Waals surface area contributed by atoms with Crippen LogP contribution in [0.3, 0.4) is 0 Å². The van der Waals surface area contributed by atoms with Crippen molar-refractivity contribution >= 4 is 52.6 Å². The third kappa shape index (κ3) is 3.56. The molecule has 0 aliphatic heterocycles. The van der Waals surface area contributed by atoms with E-state index in [1.165, 1.54) is 17.1 Å². The molecule has 2 rings (SSSR count). The predicted octanol–water partition coefficient (Wildman–Crippen LogP) is 1.69. The summed E-state index contributed by atoms with van der Waals surface area (Å²) in [6.07, 6.45) is 3.42. The zero-order valence-corrected chi connectivity index (χ0v) is 13.7. The minimum atomic E-state index is -1.11. The van der Waals surface area contributed by atoms with E-state index in [0.29, 0.717) is 16.8 Å². The van der Waals surface area contributed by atoms with Gasteiger partial charge in [0.1, 0.15) is 6.33 Å². The fourth-order valence-electron chi connectivity index (χ4n) is 1.76. The summed E-state index contributed by atoms with van der Waals surface area (Å²) in [5.41, 5.74) is 1.38. The average molecular weight is 281 g/mol. The molecule has 0 spiro atoms. The summed E-state index contributed by atoms with van der Waals surface area (Å²) in [5, 5.41) is 9.06. The van der Waals surface area contributed by atoms with E-state index in [1.54, 1.807) is 12.1 Å². The molecule has 0 aliphatic carbocycles. The minimum absolute atomic E-state index is 0. The van der Waals surface area contributed by atoms with Gasteiger partial charge in [0.25, 0.3) is 5.56 Å². The van der Waals surface area contributed by atoms with E-state index in [4.69, 9.17) is 5.11 Å². The Hall–Kier alpha value is -1.43. The Bertz CT molecular complexity index is 720. The molecule has 0 unspecified atom stereocenters. The first-order valence-corrected chi connectivity index (χ1v) is 5.91. The van der Waals surface area contributed by atoms with Gasteiger partial charge in [-0.05, 0) is 23.6 Å². The number of fused-ring (bicyclic) bond motifs is 1. The largest absolute Gasteiger partial charge is 0.478 e. The number of carbonyl (C=O) groups is 1. The summed E-state index contributed by atoms with van der Waals surface area (Å²) >= 11 is 0. The van der Waals surface area contributed by atoms with Crippen LogP contribution in [-0.4, -0.2) is 50.2 Å². The van der Waals surface area contributed by atoms with E-state index in [9.17, 15) is 9.59 Å². The smallest absolute Gasteiger partial charge is 0.329 e. The van der Waals surface area contributed by atoms with Crippen LogP contribution in [0, 0.1) is 0 Å². The molecule has 20 heavy (non-hydrogen) atoms. The van der Waals surface area contributed by atoms with E-state index in [-0.39, 0.29) is 35.1 Å². The SMILES string of the molecule is CC(C)c1ccc2ncn(C=CC(=O)O)c(=O)c2c1.[Na]. The van der Waals surface area contributed by atoms with Gasteiger partial charge in [0.05, 0.1) is 10.9 Å². The van der Waals surface area contributed by atoms with Crippen LogP contribution in [0.4, 0.5) is 0 Å². The Morgan fingerprint density at radius 2 is 2.10 bits per heavy atom. The summed E-state index contributed by atoms with van der Waals surface area (Å²) in [6, 6.07) is 5.55. The molecular weight excluding hydrogens is 267 g/mol. The van der Waals surface area contributed by atoms with Crippen LogP contribution >= 0.6 is 0 Å². The molecular formula is C14H14N2NaO3. The fraction of sp³-hybridized carbons (Fsp3) is 0.214. The second kappa shape index (κ2) is 6.83. The van der Waals surface area contributed by atoms with Crippen LogP contribution in [0.15, 0.2) is 35.4 Å². The van der Waals surface area contributed by atoms with Gasteiger partial charge in [-0.3, -0.25) is 9.36 Å². The molecule has 1 N–H and O–H groups in total. The molecule has 1 aromatic carbocycles. The molecule has 2 aromatic rings. The molecule has 0 fully saturated rings. The van der Waals surface area contributed by atoms with E-state index in [1.807, 2.05) is 19.9 Å². The van der Waals surface area contributed by atoms with Gasteiger partial charge in [0, 0.05) is 41.8 Å². The van der Waals surface area contributed by atoms with Crippen molar-refractivity contribution in [3.8, 4) is 0 Å². The maximum atomic E-state index is 12.2. The summed E-state index contributed by atoms with van der Waals surface area (Å²) in [6.45, 7) is 4.08. The number of hydrogen-bond acceptors (Lipinski definition) is 3. The van der Waals surface area contributed by atoms with Crippen LogP contribution in [-0.2, 0) is 4.79 Å². The van der Waals surface area contributed by atoms with Crippen molar-refractivity contribution < 1.29 is 9.90 Å². The van der Waals surface area contributed by atoms with Crippen molar-refractivity contribution in [3.05, 3.63) is 46.5 Å². The third-order valence-electron chi connectivity index (χ3n) is 2.85. The topological polar surface area (TPSA) is 72.2 Å². The molecule has 99 valence electrons. The van der Waals surface area contributed by atoms with Gasteiger partial charge in [0.2, 0.25) is 0 Å². The molecule has 0 atom stereocenters. The monoisotopic (exact) mass is 281 g/mol. The van der Waals surface area contributed by atoms with E-state index in [2.05, 4.69) is 4.98 Å². The molecule has 0 bridgehead atoms. The second-order valence-corrected chi connectivity index (χ2v) is 4.54. The first-order valence-electron chi connectivity index (χ1n) is 5.91. The number of rotatable bonds is 3. The van der Waals surface area contributed by atoms with Crippen molar-refractivity contribution in [1.29, 1.82) is 0 Å². The van der Waals surface area contributed by atoms with E-state index < -0.39 is 5.97 Å². The zero-order valence-electron chi connectivity index (χ0n) is 11.7. The first-order chi connectivity index (χ1) is 8.99. The molecule has 1 radical (unpaired) electrons. The van der Waals surface area contributed by atoms with Gasteiger partial charge in [0.15, 0.2) is 0 Å². The predicted molar refractivity (Wildman–Crippen MR) is 78.8 cm³/mol. The first kappa shape index (κ1) is 16.6. The van der Waals surface area contributed by atoms with Crippen LogP contribution in [0.1, 0.15) is 25.3 Å². The summed E-state index contributed by atoms with van der Waals surface area (Å²) in [7, 11) is 0. The second-order valence-electron chi connectivity index (χ2n) is 4.54. The molecule has 0 saturated carbocycles. The number of hydrogen-bond donors (Lipinski definition) is 1. The van der Waals surface area contributed by atoms with Crippen molar-refractivity contribution in [2.24, 2.45) is 0 Å². The number of nitrogens with zero attached hydrogens (tertiary/aromatic N) is 2. The molecule has 5 nitrogen and oxygen atoms in total. The third-order valence-corrected chi connectivity index (χ3v) is 2.85. The molecule has 0 amide bonds. The Morgan fingerprint density at radius 3 is 2.70 bits per heavy atom. The molecule has 1 heterocycles. The quantitative estimate of drug-likeness (QED) is 0.686. The molecule has 1 aromatic heterocycles. The number of carboxylic acid groups (broad SMARTS) is 1. The molecule has 0 saturated heterocycles. The number of aliphatic carboxylic acids is 1. The Kier molecular flexibility index (Phi) is 5.68. The fourth-order valence-corrected chi connectivity index (χ4v) is 1.76.